The number of amides is 1. The Morgan fingerprint density at radius 1 is 1.41 bits per heavy atom. The molecule has 5 nitrogen and oxygen atoms in total. The van der Waals surface area contributed by atoms with Gasteiger partial charge in [0.2, 0.25) is 5.43 Å². The molecular formula is C15H18ClN3O2S. The first kappa shape index (κ1) is 15.5. The number of rotatable bonds is 2. The first-order valence-corrected chi connectivity index (χ1v) is 8.21. The summed E-state index contributed by atoms with van der Waals surface area (Å²) in [6.45, 7) is 3.20. The highest BCUT2D eigenvalue weighted by Gasteiger charge is 2.33. The summed E-state index contributed by atoms with van der Waals surface area (Å²) in [6.07, 6.45) is 3.79. The maximum atomic E-state index is 12.4. The summed E-state index contributed by atoms with van der Waals surface area (Å²) in [6, 6.07) is 2.02. The fourth-order valence-electron chi connectivity index (χ4n) is 3.53. The number of pyridine rings is 1. The van der Waals surface area contributed by atoms with Gasteiger partial charge >= 0.3 is 0 Å². The normalized spacial score (nSPS) is 26.6. The lowest BCUT2D eigenvalue weighted by molar-refractivity contribution is 0.0908. The van der Waals surface area contributed by atoms with Crippen LogP contribution in [0.5, 0.6) is 0 Å². The molecule has 4 rings (SSSR count). The average Bonchev–Trinajstić information content (AvgIpc) is 3.06. The van der Waals surface area contributed by atoms with Gasteiger partial charge in [0.1, 0.15) is 5.56 Å². The van der Waals surface area contributed by atoms with E-state index in [9.17, 15) is 9.59 Å². The lowest BCUT2D eigenvalue weighted by Gasteiger charge is -2.30. The standard InChI is InChI=1S/C15H17N3O2S.ClH/c19-13-11(6-16-12-2-4-21-14(12)13)15(20)17-10-5-9-1-3-18(7-9)8-10;/h2,4,6,9-10H,1,3,5,7-8H2,(H,16,19)(H,17,20);1H. The minimum Gasteiger partial charge on any atom is -0.359 e. The van der Waals surface area contributed by atoms with E-state index in [4.69, 9.17) is 0 Å². The van der Waals surface area contributed by atoms with Crippen molar-refractivity contribution in [3.8, 4) is 0 Å². The minimum atomic E-state index is -0.251. The van der Waals surface area contributed by atoms with Crippen LogP contribution in [0.15, 0.2) is 22.4 Å². The topological polar surface area (TPSA) is 65.2 Å². The van der Waals surface area contributed by atoms with Crippen molar-refractivity contribution in [2.45, 2.75) is 18.9 Å². The highest BCUT2D eigenvalue weighted by molar-refractivity contribution is 7.17. The maximum absolute atomic E-state index is 12.4. The van der Waals surface area contributed by atoms with E-state index >= 15 is 0 Å². The van der Waals surface area contributed by atoms with Crippen LogP contribution in [-0.2, 0) is 0 Å². The molecule has 1 amide bonds. The second-order valence-corrected chi connectivity index (χ2v) is 6.93. The average molecular weight is 340 g/mol. The van der Waals surface area contributed by atoms with E-state index in [-0.39, 0.29) is 35.3 Å². The van der Waals surface area contributed by atoms with E-state index in [0.717, 1.165) is 31.6 Å². The van der Waals surface area contributed by atoms with Crippen LogP contribution in [-0.4, -0.2) is 41.5 Å². The van der Waals surface area contributed by atoms with E-state index in [2.05, 4.69) is 15.2 Å². The smallest absolute Gasteiger partial charge is 0.257 e. The molecule has 2 bridgehead atoms. The molecule has 3 unspecified atom stereocenters. The third-order valence-corrected chi connectivity index (χ3v) is 5.45. The number of H-pyrrole nitrogens is 1. The van der Waals surface area contributed by atoms with Crippen molar-refractivity contribution in [3.05, 3.63) is 33.4 Å². The number of hydrogen-bond acceptors (Lipinski definition) is 4. The maximum Gasteiger partial charge on any atom is 0.257 e. The van der Waals surface area contributed by atoms with E-state index in [1.54, 1.807) is 0 Å². The number of nitrogens with one attached hydrogen (secondary N) is 2. The molecule has 0 radical (unpaired) electrons. The molecule has 7 heteroatoms. The van der Waals surface area contributed by atoms with E-state index in [1.807, 2.05) is 11.4 Å². The fourth-order valence-corrected chi connectivity index (χ4v) is 4.34. The van der Waals surface area contributed by atoms with Crippen LogP contribution in [0.2, 0.25) is 0 Å². The Morgan fingerprint density at radius 2 is 2.27 bits per heavy atom. The summed E-state index contributed by atoms with van der Waals surface area (Å²) in [5, 5.41) is 4.90. The summed E-state index contributed by atoms with van der Waals surface area (Å²) >= 11 is 1.37. The molecule has 2 aromatic heterocycles. The third-order valence-electron chi connectivity index (χ3n) is 4.53. The molecule has 22 heavy (non-hydrogen) atoms. The van der Waals surface area contributed by atoms with Crippen molar-refractivity contribution in [2.75, 3.05) is 19.6 Å². The minimum absolute atomic E-state index is 0. The van der Waals surface area contributed by atoms with Crippen LogP contribution in [0.1, 0.15) is 23.2 Å². The van der Waals surface area contributed by atoms with Crippen molar-refractivity contribution in [2.24, 2.45) is 5.92 Å². The number of fused-ring (bicyclic) bond motifs is 3. The molecule has 0 spiro atoms. The van der Waals surface area contributed by atoms with Gasteiger partial charge in [-0.3, -0.25) is 9.59 Å². The van der Waals surface area contributed by atoms with Crippen molar-refractivity contribution in [3.63, 3.8) is 0 Å². The van der Waals surface area contributed by atoms with Gasteiger partial charge in [-0.1, -0.05) is 0 Å². The SMILES string of the molecule is Cl.O=C(NC1CC2CCN(C2)C1)c1c[nH]c2ccsc2c1=O. The Labute approximate surface area is 138 Å². The number of aromatic amines is 1. The first-order valence-electron chi connectivity index (χ1n) is 7.33. The number of carbonyl (C=O) groups is 1. The number of halogens is 1. The van der Waals surface area contributed by atoms with Gasteiger partial charge in [0.25, 0.3) is 5.91 Å². The number of thiophene rings is 1. The zero-order chi connectivity index (χ0) is 14.4. The molecule has 2 aromatic rings. The molecule has 0 aliphatic carbocycles. The van der Waals surface area contributed by atoms with E-state index < -0.39 is 0 Å². The number of carbonyl (C=O) groups excluding carboxylic acids is 1. The van der Waals surface area contributed by atoms with Crippen LogP contribution < -0.4 is 10.7 Å². The largest absolute Gasteiger partial charge is 0.359 e. The molecule has 0 saturated carbocycles. The highest BCUT2D eigenvalue weighted by Crippen LogP contribution is 2.26. The number of hydrogen-bond donors (Lipinski definition) is 2. The number of aromatic nitrogens is 1. The van der Waals surface area contributed by atoms with E-state index in [0.29, 0.717) is 10.6 Å². The van der Waals surface area contributed by atoms with Gasteiger partial charge in [-0.2, -0.15) is 0 Å². The molecular weight excluding hydrogens is 322 g/mol. The quantitative estimate of drug-likeness (QED) is 0.877. The van der Waals surface area contributed by atoms with Crippen molar-refractivity contribution in [1.29, 1.82) is 0 Å². The summed E-state index contributed by atoms with van der Waals surface area (Å²) < 4.78 is 0.620. The van der Waals surface area contributed by atoms with Gasteiger partial charge in [-0.15, -0.1) is 23.7 Å². The van der Waals surface area contributed by atoms with Crippen LogP contribution in [0.3, 0.4) is 0 Å². The molecule has 4 heterocycles. The van der Waals surface area contributed by atoms with Gasteiger partial charge < -0.3 is 15.2 Å². The molecule has 118 valence electrons. The van der Waals surface area contributed by atoms with Crippen molar-refractivity contribution in [1.82, 2.24) is 15.2 Å². The Bertz CT molecular complexity index is 745. The lowest BCUT2D eigenvalue weighted by Crippen LogP contribution is -2.47. The molecule has 2 fully saturated rings. The van der Waals surface area contributed by atoms with Gasteiger partial charge in [0, 0.05) is 25.3 Å². The Morgan fingerprint density at radius 3 is 3.09 bits per heavy atom. The number of piperidine rings is 1. The lowest BCUT2D eigenvalue weighted by atomic mass is 9.96. The molecule has 2 saturated heterocycles. The summed E-state index contributed by atoms with van der Waals surface area (Å²) in [7, 11) is 0. The molecule has 3 atom stereocenters. The second kappa shape index (κ2) is 6.02. The van der Waals surface area contributed by atoms with Crippen LogP contribution >= 0.6 is 23.7 Å². The fraction of sp³-hybridized carbons (Fsp3) is 0.467. The molecule has 2 aliphatic rings. The summed E-state index contributed by atoms with van der Waals surface area (Å²) in [5.74, 6) is 0.446. The Hall–Kier alpha value is -1.37. The Kier molecular flexibility index (Phi) is 4.25. The van der Waals surface area contributed by atoms with Gasteiger partial charge in [0.05, 0.1) is 10.2 Å². The monoisotopic (exact) mass is 339 g/mol. The zero-order valence-corrected chi connectivity index (χ0v) is 13.6. The third kappa shape index (κ3) is 2.66. The van der Waals surface area contributed by atoms with Gasteiger partial charge in [-0.25, -0.2) is 0 Å². The van der Waals surface area contributed by atoms with Crippen molar-refractivity contribution >= 4 is 39.9 Å². The number of nitrogens with zero attached hydrogens (tertiary/aromatic N) is 1. The molecule has 2 N–H and O–H groups in total. The summed E-state index contributed by atoms with van der Waals surface area (Å²) in [4.78, 5) is 30.1. The molecule has 0 aromatic carbocycles. The van der Waals surface area contributed by atoms with Crippen molar-refractivity contribution < 1.29 is 4.79 Å². The molecule has 2 aliphatic heterocycles. The van der Waals surface area contributed by atoms with Gasteiger partial charge in [-0.05, 0) is 36.8 Å². The van der Waals surface area contributed by atoms with Gasteiger partial charge in [0.15, 0.2) is 0 Å². The predicted octanol–water partition coefficient (Wildman–Crippen LogP) is 1.84. The zero-order valence-electron chi connectivity index (χ0n) is 12.0. The summed E-state index contributed by atoms with van der Waals surface area (Å²) in [5.41, 5.74) is 0.844. The highest BCUT2D eigenvalue weighted by atomic mass is 35.5. The second-order valence-electron chi connectivity index (χ2n) is 6.02. The van der Waals surface area contributed by atoms with Crippen LogP contribution in [0, 0.1) is 5.92 Å². The first-order chi connectivity index (χ1) is 10.2. The van der Waals surface area contributed by atoms with E-state index in [1.165, 1.54) is 24.0 Å². The van der Waals surface area contributed by atoms with Crippen LogP contribution in [0.25, 0.3) is 10.2 Å². The Balaban J connectivity index is 0.00000144. The van der Waals surface area contributed by atoms with Crippen LogP contribution in [0.4, 0.5) is 0 Å². The predicted molar refractivity (Wildman–Crippen MR) is 90.1 cm³/mol.